The Labute approximate surface area is 161 Å². The monoisotopic (exact) mass is 370 g/mol. The summed E-state index contributed by atoms with van der Waals surface area (Å²) in [5, 5.41) is 0. The summed E-state index contributed by atoms with van der Waals surface area (Å²) in [5.41, 5.74) is -0.0433. The molecule has 0 aliphatic heterocycles. The van der Waals surface area contributed by atoms with Crippen LogP contribution in [0.2, 0.25) is 0 Å². The average molecular weight is 370 g/mol. The number of rotatable bonds is 2. The van der Waals surface area contributed by atoms with Crippen LogP contribution in [-0.2, 0) is 19.1 Å². The van der Waals surface area contributed by atoms with Crippen molar-refractivity contribution in [2.24, 2.45) is 28.6 Å². The van der Waals surface area contributed by atoms with E-state index >= 15 is 0 Å². The van der Waals surface area contributed by atoms with Crippen molar-refractivity contribution in [3.05, 3.63) is 23.8 Å². The summed E-state index contributed by atoms with van der Waals surface area (Å²) in [6.07, 6.45) is 11.2. The molecule has 4 aliphatic carbocycles. The Morgan fingerprint density at radius 3 is 2.44 bits per heavy atom. The van der Waals surface area contributed by atoms with Gasteiger partial charge in [-0.1, -0.05) is 25.5 Å². The second-order valence-corrected chi connectivity index (χ2v) is 9.58. The van der Waals surface area contributed by atoms with Gasteiger partial charge in [-0.2, -0.15) is 0 Å². The van der Waals surface area contributed by atoms with Gasteiger partial charge in [0, 0.05) is 17.8 Å². The molecule has 0 unspecified atom stereocenters. The van der Waals surface area contributed by atoms with E-state index in [1.165, 1.54) is 12.5 Å². The Hall–Kier alpha value is -1.71. The number of carbonyl (C=O) groups excluding carboxylic acids is 3. The summed E-state index contributed by atoms with van der Waals surface area (Å²) in [6.45, 7) is 7.45. The van der Waals surface area contributed by atoms with Crippen LogP contribution in [0.25, 0.3) is 0 Å². The second kappa shape index (κ2) is 5.89. The maximum absolute atomic E-state index is 12.7. The molecule has 6 atom stereocenters. The number of hydrogen-bond acceptors (Lipinski definition) is 4. The van der Waals surface area contributed by atoms with Gasteiger partial charge in [0.05, 0.1) is 0 Å². The Bertz CT molecular complexity index is 777. The van der Waals surface area contributed by atoms with Gasteiger partial charge in [-0.15, -0.1) is 0 Å². The topological polar surface area (TPSA) is 60.4 Å². The standard InChI is InChI=1S/C23H30O4/c1-14(24)23(27-15(2)25)12-9-20-18-6-5-16-13-17(26)7-10-21(16,3)19(18)8-11-22(20,23)4/h7,10,13,18-20H,5-6,8-9,11-12H2,1-4H3/t18-,19+,20+,21+,22+,23-/m1/s1. The Morgan fingerprint density at radius 2 is 1.78 bits per heavy atom. The highest BCUT2D eigenvalue weighted by atomic mass is 16.6. The van der Waals surface area contributed by atoms with Crippen LogP contribution < -0.4 is 0 Å². The van der Waals surface area contributed by atoms with Crippen molar-refractivity contribution in [2.75, 3.05) is 0 Å². The molecule has 0 aromatic carbocycles. The number of ether oxygens (including phenoxy) is 1. The fraction of sp³-hybridized carbons (Fsp3) is 0.696. The van der Waals surface area contributed by atoms with Crippen molar-refractivity contribution >= 4 is 17.5 Å². The molecule has 0 spiro atoms. The van der Waals surface area contributed by atoms with Crippen LogP contribution in [0.3, 0.4) is 0 Å². The van der Waals surface area contributed by atoms with Crippen LogP contribution in [0.1, 0.15) is 66.2 Å². The van der Waals surface area contributed by atoms with Crippen molar-refractivity contribution < 1.29 is 19.1 Å². The molecule has 0 saturated heterocycles. The molecule has 27 heavy (non-hydrogen) atoms. The lowest BCUT2D eigenvalue weighted by atomic mass is 9.47. The zero-order valence-electron chi connectivity index (χ0n) is 16.8. The summed E-state index contributed by atoms with van der Waals surface area (Å²) in [6, 6.07) is 0. The minimum absolute atomic E-state index is 0.00749. The van der Waals surface area contributed by atoms with E-state index in [-0.39, 0.29) is 28.4 Å². The first kappa shape index (κ1) is 18.6. The fourth-order valence-electron chi connectivity index (χ4n) is 7.26. The SMILES string of the molecule is CC(=O)O[C@@]1(C(C)=O)CC[C@H]2[C@@H]3CCC4=CC(=O)C=C[C@]4(C)[C@H]3CC[C@@]21C. The Kier molecular flexibility index (Phi) is 4.07. The van der Waals surface area contributed by atoms with Crippen LogP contribution >= 0.6 is 0 Å². The zero-order valence-corrected chi connectivity index (χ0v) is 16.8. The van der Waals surface area contributed by atoms with Gasteiger partial charge < -0.3 is 4.74 Å². The predicted octanol–water partition coefficient (Wildman–Crippen LogP) is 4.19. The number of fused-ring (bicyclic) bond motifs is 5. The summed E-state index contributed by atoms with van der Waals surface area (Å²) in [7, 11) is 0. The molecule has 3 fully saturated rings. The third-order valence-electron chi connectivity index (χ3n) is 8.56. The molecule has 4 rings (SSSR count). The number of hydrogen-bond donors (Lipinski definition) is 0. The minimum Gasteiger partial charge on any atom is -0.451 e. The molecule has 4 aliphatic rings. The van der Waals surface area contributed by atoms with Gasteiger partial charge in [0.25, 0.3) is 0 Å². The van der Waals surface area contributed by atoms with Gasteiger partial charge in [-0.05, 0) is 75.4 Å². The van der Waals surface area contributed by atoms with Crippen molar-refractivity contribution in [2.45, 2.75) is 71.8 Å². The van der Waals surface area contributed by atoms with Crippen LogP contribution in [0, 0.1) is 28.6 Å². The van der Waals surface area contributed by atoms with Crippen LogP contribution in [0.4, 0.5) is 0 Å². The third kappa shape index (κ3) is 2.37. The van der Waals surface area contributed by atoms with Crippen LogP contribution in [0.15, 0.2) is 23.8 Å². The maximum atomic E-state index is 12.7. The van der Waals surface area contributed by atoms with Crippen LogP contribution in [-0.4, -0.2) is 23.1 Å². The molecule has 0 radical (unpaired) electrons. The highest BCUT2D eigenvalue weighted by Crippen LogP contribution is 2.67. The third-order valence-corrected chi connectivity index (χ3v) is 8.56. The van der Waals surface area contributed by atoms with Crippen molar-refractivity contribution in [3.8, 4) is 0 Å². The molecule has 0 bridgehead atoms. The molecular weight excluding hydrogens is 340 g/mol. The fourth-order valence-corrected chi connectivity index (χ4v) is 7.26. The van der Waals surface area contributed by atoms with Gasteiger partial charge in [0.15, 0.2) is 17.2 Å². The van der Waals surface area contributed by atoms with E-state index in [4.69, 9.17) is 4.74 Å². The second-order valence-electron chi connectivity index (χ2n) is 9.58. The molecule has 0 heterocycles. The molecule has 146 valence electrons. The number of esters is 1. The predicted molar refractivity (Wildman–Crippen MR) is 102 cm³/mol. The molecule has 0 aromatic heterocycles. The highest BCUT2D eigenvalue weighted by Gasteiger charge is 2.67. The smallest absolute Gasteiger partial charge is 0.303 e. The van der Waals surface area contributed by atoms with E-state index in [0.29, 0.717) is 24.2 Å². The quantitative estimate of drug-likeness (QED) is 0.684. The molecule has 0 amide bonds. The van der Waals surface area contributed by atoms with Crippen molar-refractivity contribution in [3.63, 3.8) is 0 Å². The van der Waals surface area contributed by atoms with Crippen LogP contribution in [0.5, 0.6) is 0 Å². The number of allylic oxidation sites excluding steroid dienone is 4. The summed E-state index contributed by atoms with van der Waals surface area (Å²) < 4.78 is 5.80. The first-order chi connectivity index (χ1) is 12.6. The zero-order chi connectivity index (χ0) is 19.6. The van der Waals surface area contributed by atoms with E-state index in [1.807, 2.05) is 6.08 Å². The summed E-state index contributed by atoms with van der Waals surface area (Å²) >= 11 is 0. The van der Waals surface area contributed by atoms with E-state index in [2.05, 4.69) is 19.9 Å². The van der Waals surface area contributed by atoms with Gasteiger partial charge in [-0.25, -0.2) is 0 Å². The molecular formula is C23H30O4. The number of carbonyl (C=O) groups is 3. The lowest BCUT2D eigenvalue weighted by molar-refractivity contribution is -0.186. The molecule has 4 heteroatoms. The molecule has 0 aromatic rings. The Morgan fingerprint density at radius 1 is 1.07 bits per heavy atom. The first-order valence-corrected chi connectivity index (χ1v) is 10.3. The maximum Gasteiger partial charge on any atom is 0.303 e. The number of ketones is 2. The lowest BCUT2D eigenvalue weighted by Gasteiger charge is -2.58. The minimum atomic E-state index is -0.968. The normalized spacial score (nSPS) is 45.4. The van der Waals surface area contributed by atoms with Crippen molar-refractivity contribution in [1.82, 2.24) is 0 Å². The van der Waals surface area contributed by atoms with Gasteiger partial charge in [0.2, 0.25) is 0 Å². The first-order valence-electron chi connectivity index (χ1n) is 10.3. The van der Waals surface area contributed by atoms with Crippen molar-refractivity contribution in [1.29, 1.82) is 0 Å². The van der Waals surface area contributed by atoms with Gasteiger partial charge >= 0.3 is 5.97 Å². The summed E-state index contributed by atoms with van der Waals surface area (Å²) in [4.78, 5) is 36.4. The number of Topliss-reactive ketones (excluding diaryl/α,β-unsaturated/α-hetero) is 1. The van der Waals surface area contributed by atoms with Gasteiger partial charge in [-0.3, -0.25) is 14.4 Å². The van der Waals surface area contributed by atoms with Gasteiger partial charge in [0.1, 0.15) is 0 Å². The lowest BCUT2D eigenvalue weighted by Crippen LogP contribution is -2.58. The molecule has 4 nitrogen and oxygen atoms in total. The van der Waals surface area contributed by atoms with E-state index < -0.39 is 5.60 Å². The van der Waals surface area contributed by atoms with E-state index in [9.17, 15) is 14.4 Å². The Balaban J connectivity index is 1.71. The molecule has 0 N–H and O–H groups in total. The van der Waals surface area contributed by atoms with E-state index in [0.717, 1.165) is 32.1 Å². The summed E-state index contributed by atoms with van der Waals surface area (Å²) in [5.74, 6) is 1.10. The van der Waals surface area contributed by atoms with E-state index in [1.54, 1.807) is 13.0 Å². The average Bonchev–Trinajstić information content (AvgIpc) is 2.89. The molecule has 3 saturated carbocycles. The highest BCUT2D eigenvalue weighted by molar-refractivity contribution is 6.01. The largest absolute Gasteiger partial charge is 0.451 e.